The van der Waals surface area contributed by atoms with Gasteiger partial charge in [0, 0.05) is 18.3 Å². The van der Waals surface area contributed by atoms with Crippen LogP contribution in [-0.2, 0) is 21.2 Å². The molecular formula is C20H24N2O4S. The normalized spacial score (nSPS) is 18.0. The molecule has 144 valence electrons. The van der Waals surface area contributed by atoms with Gasteiger partial charge in [-0.25, -0.2) is 8.42 Å². The second kappa shape index (κ2) is 8.43. The molecule has 1 N–H and O–H groups in total. The van der Waals surface area contributed by atoms with E-state index in [1.807, 2.05) is 59.5 Å². The molecule has 3 rings (SSSR count). The molecular weight excluding hydrogens is 364 g/mol. The van der Waals surface area contributed by atoms with Crippen molar-refractivity contribution in [1.29, 1.82) is 0 Å². The number of sulfone groups is 1. The highest BCUT2D eigenvalue weighted by atomic mass is 32.2. The molecule has 1 amide bonds. The van der Waals surface area contributed by atoms with Crippen molar-refractivity contribution in [2.24, 2.45) is 0 Å². The van der Waals surface area contributed by atoms with E-state index in [0.717, 1.165) is 17.0 Å². The van der Waals surface area contributed by atoms with Gasteiger partial charge >= 0.3 is 0 Å². The number of carbonyl (C=O) groups excluding carboxylic acids is 1. The molecule has 0 aliphatic carbocycles. The SMILES string of the molecule is COc1ccc(N(CC(=O)NC2CCS(=O)(=O)C2)Cc2ccccc2)cc1. The molecule has 1 aliphatic heterocycles. The molecule has 2 aromatic carbocycles. The number of rotatable bonds is 7. The summed E-state index contributed by atoms with van der Waals surface area (Å²) in [6, 6.07) is 17.1. The number of methoxy groups -OCH3 is 1. The lowest BCUT2D eigenvalue weighted by molar-refractivity contribution is -0.120. The van der Waals surface area contributed by atoms with E-state index < -0.39 is 9.84 Å². The Balaban J connectivity index is 1.71. The molecule has 0 saturated carbocycles. The molecule has 0 spiro atoms. The lowest BCUT2D eigenvalue weighted by Crippen LogP contribution is -2.42. The van der Waals surface area contributed by atoms with Crippen molar-refractivity contribution in [2.45, 2.75) is 19.0 Å². The van der Waals surface area contributed by atoms with Crippen LogP contribution < -0.4 is 15.0 Å². The van der Waals surface area contributed by atoms with Crippen molar-refractivity contribution in [2.75, 3.05) is 30.1 Å². The number of ether oxygens (including phenoxy) is 1. The average Bonchev–Trinajstić information content (AvgIpc) is 3.00. The number of hydrogen-bond acceptors (Lipinski definition) is 5. The summed E-state index contributed by atoms with van der Waals surface area (Å²) >= 11 is 0. The van der Waals surface area contributed by atoms with Crippen LogP contribution in [0.3, 0.4) is 0 Å². The quantitative estimate of drug-likeness (QED) is 0.785. The first-order valence-electron chi connectivity index (χ1n) is 8.88. The molecule has 1 aliphatic rings. The second-order valence-electron chi connectivity index (χ2n) is 6.71. The molecule has 6 nitrogen and oxygen atoms in total. The first kappa shape index (κ1) is 19.2. The van der Waals surface area contributed by atoms with Crippen molar-refractivity contribution in [3.8, 4) is 5.75 Å². The third-order valence-electron chi connectivity index (χ3n) is 4.59. The Labute approximate surface area is 160 Å². The van der Waals surface area contributed by atoms with Crippen LogP contribution in [0.2, 0.25) is 0 Å². The molecule has 27 heavy (non-hydrogen) atoms. The second-order valence-corrected chi connectivity index (χ2v) is 8.94. The molecule has 0 aromatic heterocycles. The zero-order valence-electron chi connectivity index (χ0n) is 15.3. The Morgan fingerprint density at radius 1 is 1.15 bits per heavy atom. The number of anilines is 1. The largest absolute Gasteiger partial charge is 0.497 e. The first-order valence-corrected chi connectivity index (χ1v) is 10.7. The van der Waals surface area contributed by atoms with E-state index in [-0.39, 0.29) is 30.0 Å². The number of amides is 1. The summed E-state index contributed by atoms with van der Waals surface area (Å²) in [5.74, 6) is 0.743. The number of benzene rings is 2. The fraction of sp³-hybridized carbons (Fsp3) is 0.350. The third-order valence-corrected chi connectivity index (χ3v) is 6.35. The highest BCUT2D eigenvalue weighted by molar-refractivity contribution is 7.91. The standard InChI is InChI=1S/C20H24N2O4S/c1-26-19-9-7-18(8-10-19)22(13-16-5-3-2-4-6-16)14-20(23)21-17-11-12-27(24,25)15-17/h2-10,17H,11-15H2,1H3,(H,21,23). The smallest absolute Gasteiger partial charge is 0.239 e. The van der Waals surface area contributed by atoms with E-state index in [0.29, 0.717) is 13.0 Å². The summed E-state index contributed by atoms with van der Waals surface area (Å²) in [5, 5.41) is 2.86. The van der Waals surface area contributed by atoms with Crippen molar-refractivity contribution >= 4 is 21.4 Å². The summed E-state index contributed by atoms with van der Waals surface area (Å²) in [7, 11) is -1.41. The minimum atomic E-state index is -3.02. The van der Waals surface area contributed by atoms with E-state index in [2.05, 4.69) is 5.32 Å². The summed E-state index contributed by atoms with van der Waals surface area (Å²) in [5.41, 5.74) is 1.98. The fourth-order valence-corrected chi connectivity index (χ4v) is 4.86. The van der Waals surface area contributed by atoms with Gasteiger partial charge in [-0.15, -0.1) is 0 Å². The molecule has 2 aromatic rings. The molecule has 0 bridgehead atoms. The number of nitrogens with one attached hydrogen (secondary N) is 1. The molecule has 1 heterocycles. The van der Waals surface area contributed by atoms with Gasteiger partial charge in [-0.2, -0.15) is 0 Å². The van der Waals surface area contributed by atoms with Gasteiger partial charge in [-0.05, 0) is 36.2 Å². The summed E-state index contributed by atoms with van der Waals surface area (Å²) in [4.78, 5) is 14.5. The van der Waals surface area contributed by atoms with Gasteiger partial charge in [0.05, 0.1) is 25.2 Å². The molecule has 1 unspecified atom stereocenters. The predicted octanol–water partition coefficient (Wildman–Crippen LogP) is 2.01. The molecule has 1 fully saturated rings. The fourth-order valence-electron chi connectivity index (χ4n) is 3.19. The van der Waals surface area contributed by atoms with Crippen molar-refractivity contribution in [1.82, 2.24) is 5.32 Å². The maximum absolute atomic E-state index is 12.5. The van der Waals surface area contributed by atoms with Crippen LogP contribution in [0.15, 0.2) is 54.6 Å². The van der Waals surface area contributed by atoms with Crippen LogP contribution in [0.5, 0.6) is 5.75 Å². The van der Waals surface area contributed by atoms with Crippen LogP contribution in [0.25, 0.3) is 0 Å². The zero-order valence-corrected chi connectivity index (χ0v) is 16.1. The van der Waals surface area contributed by atoms with Gasteiger partial charge in [-0.3, -0.25) is 4.79 Å². The number of carbonyl (C=O) groups is 1. The van der Waals surface area contributed by atoms with Crippen LogP contribution in [0, 0.1) is 0 Å². The van der Waals surface area contributed by atoms with Crippen LogP contribution in [-0.4, -0.2) is 45.5 Å². The van der Waals surface area contributed by atoms with Crippen molar-refractivity contribution < 1.29 is 17.9 Å². The maximum Gasteiger partial charge on any atom is 0.239 e. The lowest BCUT2D eigenvalue weighted by atomic mass is 10.2. The molecule has 1 atom stereocenters. The lowest BCUT2D eigenvalue weighted by Gasteiger charge is -2.25. The minimum Gasteiger partial charge on any atom is -0.497 e. The summed E-state index contributed by atoms with van der Waals surface area (Å²) < 4.78 is 28.4. The monoisotopic (exact) mass is 388 g/mol. The van der Waals surface area contributed by atoms with Crippen LogP contribution in [0.4, 0.5) is 5.69 Å². The summed E-state index contributed by atoms with van der Waals surface area (Å²) in [6.45, 7) is 0.724. The van der Waals surface area contributed by atoms with Gasteiger partial charge in [-0.1, -0.05) is 30.3 Å². The van der Waals surface area contributed by atoms with Gasteiger partial charge in [0.1, 0.15) is 5.75 Å². The van der Waals surface area contributed by atoms with Crippen LogP contribution in [0.1, 0.15) is 12.0 Å². The Bertz CT molecular complexity index is 867. The summed E-state index contributed by atoms with van der Waals surface area (Å²) in [6.07, 6.45) is 0.481. The third kappa shape index (κ3) is 5.47. The minimum absolute atomic E-state index is 0.0277. The van der Waals surface area contributed by atoms with Gasteiger partial charge in [0.25, 0.3) is 0 Å². The number of nitrogens with zero attached hydrogens (tertiary/aromatic N) is 1. The molecule has 0 radical (unpaired) electrons. The average molecular weight is 388 g/mol. The zero-order chi connectivity index (χ0) is 19.3. The molecule has 7 heteroatoms. The Kier molecular flexibility index (Phi) is 6.01. The van der Waals surface area contributed by atoms with Crippen molar-refractivity contribution in [3.63, 3.8) is 0 Å². The molecule has 1 saturated heterocycles. The van der Waals surface area contributed by atoms with Crippen LogP contribution >= 0.6 is 0 Å². The van der Waals surface area contributed by atoms with E-state index in [9.17, 15) is 13.2 Å². The topological polar surface area (TPSA) is 75.7 Å². The Morgan fingerprint density at radius 2 is 1.85 bits per heavy atom. The highest BCUT2D eigenvalue weighted by Crippen LogP contribution is 2.21. The van der Waals surface area contributed by atoms with E-state index >= 15 is 0 Å². The van der Waals surface area contributed by atoms with E-state index in [1.165, 1.54) is 0 Å². The highest BCUT2D eigenvalue weighted by Gasteiger charge is 2.29. The van der Waals surface area contributed by atoms with E-state index in [4.69, 9.17) is 4.74 Å². The van der Waals surface area contributed by atoms with Crippen molar-refractivity contribution in [3.05, 3.63) is 60.2 Å². The Hall–Kier alpha value is -2.54. The number of hydrogen-bond donors (Lipinski definition) is 1. The van der Waals surface area contributed by atoms with E-state index in [1.54, 1.807) is 7.11 Å². The van der Waals surface area contributed by atoms with Gasteiger partial charge < -0.3 is 15.0 Å². The first-order chi connectivity index (χ1) is 12.9. The van der Waals surface area contributed by atoms with Gasteiger partial charge in [0.15, 0.2) is 9.84 Å². The Morgan fingerprint density at radius 3 is 2.44 bits per heavy atom. The maximum atomic E-state index is 12.5. The van der Waals surface area contributed by atoms with Gasteiger partial charge in [0.2, 0.25) is 5.91 Å². The predicted molar refractivity (Wildman–Crippen MR) is 106 cm³/mol.